The number of nitrogens with two attached hydrogens (primary N) is 6. The van der Waals surface area contributed by atoms with E-state index in [4.69, 9.17) is 50.3 Å². The molecule has 2 aromatic carbocycles. The molecule has 19 heteroatoms. The third kappa shape index (κ3) is 8.94. The summed E-state index contributed by atoms with van der Waals surface area (Å²) < 4.78 is 0. The normalized spacial score (nSPS) is 10.2. The van der Waals surface area contributed by atoms with Crippen molar-refractivity contribution >= 4 is 58.5 Å². The molecule has 0 bridgehead atoms. The van der Waals surface area contributed by atoms with E-state index < -0.39 is 29.3 Å². The van der Waals surface area contributed by atoms with Crippen molar-refractivity contribution in [2.45, 2.75) is 20.0 Å². The van der Waals surface area contributed by atoms with E-state index in [9.17, 15) is 19.2 Å². The van der Waals surface area contributed by atoms with Crippen LogP contribution >= 0.6 is 0 Å². The SMILES string of the molecule is CC(=O)c1nc(N)c(C(=O)NCc2ccc(C(=N)N)cc2)nc1N.N=C(N)c1ccc(CNC(=O)c2nc(N)c(C(=O)O)nc2N)cc1. The fourth-order valence-corrected chi connectivity index (χ4v) is 3.81. The molecule has 0 radical (unpaired) electrons. The quantitative estimate of drug-likeness (QED) is 0.0588. The van der Waals surface area contributed by atoms with Crippen molar-refractivity contribution in [2.24, 2.45) is 11.5 Å². The molecule has 0 saturated heterocycles. The predicted octanol–water partition coefficient (Wildman–Crippen LogP) is -0.389. The number of amides is 2. The van der Waals surface area contributed by atoms with Crippen LogP contribution in [0, 0.1) is 10.8 Å². The van der Waals surface area contributed by atoms with Gasteiger partial charge in [0, 0.05) is 31.1 Å². The number of hydrogen-bond acceptors (Lipinski definition) is 14. The molecule has 4 rings (SSSR count). The number of benzene rings is 2. The van der Waals surface area contributed by atoms with Crippen molar-refractivity contribution in [2.75, 3.05) is 22.9 Å². The Kier molecular flexibility index (Phi) is 11.2. The van der Waals surface area contributed by atoms with Gasteiger partial charge in [-0.2, -0.15) is 0 Å². The van der Waals surface area contributed by atoms with Crippen LogP contribution in [0.15, 0.2) is 48.5 Å². The van der Waals surface area contributed by atoms with Crippen LogP contribution in [0.5, 0.6) is 0 Å². The molecule has 17 N–H and O–H groups in total. The van der Waals surface area contributed by atoms with Crippen LogP contribution in [-0.2, 0) is 13.1 Å². The number of ketones is 1. The highest BCUT2D eigenvalue weighted by molar-refractivity contribution is 6.01. The van der Waals surface area contributed by atoms with Gasteiger partial charge in [0.2, 0.25) is 0 Å². The zero-order valence-electron chi connectivity index (χ0n) is 25.4. The van der Waals surface area contributed by atoms with E-state index in [1.165, 1.54) is 6.92 Å². The Morgan fingerprint density at radius 3 is 1.25 bits per heavy atom. The number of amidine groups is 2. The molecule has 0 aliphatic heterocycles. The number of rotatable bonds is 10. The maximum absolute atomic E-state index is 12.2. The first-order valence-corrected chi connectivity index (χ1v) is 13.6. The minimum atomic E-state index is -1.38. The van der Waals surface area contributed by atoms with Crippen molar-refractivity contribution in [1.29, 1.82) is 10.8 Å². The monoisotopic (exact) mass is 656 g/mol. The van der Waals surface area contributed by atoms with Gasteiger partial charge in [-0.1, -0.05) is 48.5 Å². The summed E-state index contributed by atoms with van der Waals surface area (Å²) in [6.07, 6.45) is 0. The summed E-state index contributed by atoms with van der Waals surface area (Å²) in [6, 6.07) is 13.5. The van der Waals surface area contributed by atoms with E-state index in [-0.39, 0.29) is 65.1 Å². The maximum Gasteiger partial charge on any atom is 0.358 e. The van der Waals surface area contributed by atoms with Crippen molar-refractivity contribution in [1.82, 2.24) is 30.6 Å². The zero-order chi connectivity index (χ0) is 35.7. The Morgan fingerprint density at radius 2 is 0.917 bits per heavy atom. The van der Waals surface area contributed by atoms with Crippen LogP contribution in [0.4, 0.5) is 23.3 Å². The van der Waals surface area contributed by atoms with Gasteiger partial charge in [0.25, 0.3) is 11.8 Å². The maximum atomic E-state index is 12.2. The molecule has 19 nitrogen and oxygen atoms in total. The molecule has 0 fully saturated rings. The van der Waals surface area contributed by atoms with Gasteiger partial charge in [0.1, 0.15) is 11.7 Å². The Hall–Kier alpha value is -7.18. The van der Waals surface area contributed by atoms with Crippen molar-refractivity contribution in [3.63, 3.8) is 0 Å². The molecular formula is C29H32N14O5. The van der Waals surface area contributed by atoms with Gasteiger partial charge in [0.05, 0.1) is 0 Å². The fraction of sp³-hybridized carbons (Fsp3) is 0.103. The molecular weight excluding hydrogens is 624 g/mol. The van der Waals surface area contributed by atoms with E-state index >= 15 is 0 Å². The first-order valence-electron chi connectivity index (χ1n) is 13.6. The molecule has 0 unspecified atom stereocenters. The summed E-state index contributed by atoms with van der Waals surface area (Å²) in [5.41, 5.74) is 34.8. The van der Waals surface area contributed by atoms with Crippen molar-refractivity contribution < 1.29 is 24.3 Å². The number of aromatic carboxylic acids is 1. The number of carbonyl (C=O) groups excluding carboxylic acids is 3. The third-order valence-electron chi connectivity index (χ3n) is 6.30. The summed E-state index contributed by atoms with van der Waals surface area (Å²) in [4.78, 5) is 61.4. The van der Waals surface area contributed by atoms with Gasteiger partial charge >= 0.3 is 5.97 Å². The van der Waals surface area contributed by atoms with Crippen molar-refractivity contribution in [3.8, 4) is 0 Å². The van der Waals surface area contributed by atoms with Gasteiger partial charge in [0.15, 0.2) is 51.8 Å². The van der Waals surface area contributed by atoms with Crippen LogP contribution in [0.25, 0.3) is 0 Å². The topological polar surface area (TPSA) is 368 Å². The highest BCUT2D eigenvalue weighted by Crippen LogP contribution is 2.15. The summed E-state index contributed by atoms with van der Waals surface area (Å²) in [5.74, 6) is -4.09. The average molecular weight is 657 g/mol. The number of Topliss-reactive ketones (excluding diaryl/α,β-unsaturated/α-hetero) is 1. The molecule has 0 aliphatic carbocycles. The smallest absolute Gasteiger partial charge is 0.358 e. The van der Waals surface area contributed by atoms with Gasteiger partial charge in [-0.05, 0) is 11.1 Å². The lowest BCUT2D eigenvalue weighted by atomic mass is 10.1. The van der Waals surface area contributed by atoms with Gasteiger partial charge in [-0.15, -0.1) is 0 Å². The molecule has 0 atom stereocenters. The first-order chi connectivity index (χ1) is 22.6. The highest BCUT2D eigenvalue weighted by Gasteiger charge is 2.20. The number of carboxylic acids is 1. The Labute approximate surface area is 272 Å². The molecule has 2 amide bonds. The number of carbonyl (C=O) groups is 4. The van der Waals surface area contributed by atoms with Crippen LogP contribution in [0.1, 0.15) is 71.1 Å². The van der Waals surface area contributed by atoms with E-state index in [0.29, 0.717) is 11.1 Å². The zero-order valence-corrected chi connectivity index (χ0v) is 25.4. The number of anilines is 4. The highest BCUT2D eigenvalue weighted by atomic mass is 16.4. The lowest BCUT2D eigenvalue weighted by Gasteiger charge is -2.09. The minimum Gasteiger partial charge on any atom is -0.476 e. The predicted molar refractivity (Wildman–Crippen MR) is 176 cm³/mol. The van der Waals surface area contributed by atoms with E-state index in [1.807, 2.05) is 0 Å². The second kappa shape index (κ2) is 15.2. The molecule has 2 aromatic heterocycles. The third-order valence-corrected chi connectivity index (χ3v) is 6.30. The van der Waals surface area contributed by atoms with Crippen molar-refractivity contribution in [3.05, 3.63) is 93.6 Å². The summed E-state index contributed by atoms with van der Waals surface area (Å²) in [7, 11) is 0. The molecule has 0 spiro atoms. The molecule has 0 saturated carbocycles. The number of hydrogen-bond donors (Lipinski definition) is 11. The summed E-state index contributed by atoms with van der Waals surface area (Å²) in [6.45, 7) is 1.66. The number of nitrogen functional groups attached to an aromatic ring is 6. The van der Waals surface area contributed by atoms with Gasteiger partial charge in [-0.3, -0.25) is 25.2 Å². The van der Waals surface area contributed by atoms with E-state index in [0.717, 1.165) is 11.1 Å². The number of nitrogens with zero attached hydrogens (tertiary/aromatic N) is 4. The van der Waals surface area contributed by atoms with Crippen LogP contribution in [-0.4, -0.2) is 60.3 Å². The minimum absolute atomic E-state index is 0.0327. The number of nitrogens with one attached hydrogen (secondary N) is 4. The largest absolute Gasteiger partial charge is 0.476 e. The second-order valence-corrected chi connectivity index (χ2v) is 9.83. The summed E-state index contributed by atoms with van der Waals surface area (Å²) in [5, 5.41) is 28.7. The second-order valence-electron chi connectivity index (χ2n) is 9.83. The molecule has 4 aromatic rings. The number of aromatic nitrogens is 4. The lowest BCUT2D eigenvalue weighted by molar-refractivity contribution is 0.0690. The van der Waals surface area contributed by atoms with Crippen LogP contribution in [0.3, 0.4) is 0 Å². The Morgan fingerprint density at radius 1 is 0.604 bits per heavy atom. The standard InChI is InChI=1S/C15H17N7O2.C14H15N7O3/c1-7(23)10-13(18)22-11(14(19)21-10)15(24)20-6-8-2-4-9(5-3-8)12(16)17;15-10(16)7-3-1-6(2-4-7)5-19-13(22)8-11(17)21-9(14(23)24)12(18)20-8/h2-5H,6H2,1H3,(H3,16,17)(H2,18,22)(H2,19,21)(H,20,24);1-4H,5H2,(H3,15,16)(H2,17,21)(H2,18,20)(H,19,22)(H,23,24). The molecule has 0 aliphatic rings. The molecule has 48 heavy (non-hydrogen) atoms. The number of carboxylic acid groups (broad SMARTS) is 1. The molecule has 2 heterocycles. The molecule has 248 valence electrons. The van der Waals surface area contributed by atoms with Gasteiger partial charge in [-0.25, -0.2) is 24.7 Å². The van der Waals surface area contributed by atoms with Crippen LogP contribution in [0.2, 0.25) is 0 Å². The summed E-state index contributed by atoms with van der Waals surface area (Å²) >= 11 is 0. The first kappa shape index (κ1) is 35.3. The van der Waals surface area contributed by atoms with Gasteiger partial charge < -0.3 is 50.1 Å². The fourth-order valence-electron chi connectivity index (χ4n) is 3.81. The van der Waals surface area contributed by atoms with E-state index in [2.05, 4.69) is 30.6 Å². The Bertz CT molecular complexity index is 1770. The lowest BCUT2D eigenvalue weighted by Crippen LogP contribution is -2.26. The Balaban J connectivity index is 0.000000260. The average Bonchev–Trinajstić information content (AvgIpc) is 3.04. The van der Waals surface area contributed by atoms with Crippen LogP contribution < -0.4 is 45.0 Å². The van der Waals surface area contributed by atoms with E-state index in [1.54, 1.807) is 48.5 Å².